The minimum absolute atomic E-state index is 0.185. The Kier molecular flexibility index (Phi) is 5.81. The molecule has 2 aliphatic rings. The third kappa shape index (κ3) is 3.91. The lowest BCUT2D eigenvalue weighted by atomic mass is 9.89. The Morgan fingerprint density at radius 2 is 1.74 bits per heavy atom. The molecule has 0 radical (unpaired) electrons. The van der Waals surface area contributed by atoms with Gasteiger partial charge in [-0.1, -0.05) is 13.8 Å². The van der Waals surface area contributed by atoms with Gasteiger partial charge in [0.15, 0.2) is 0 Å². The number of aliphatic hydroxyl groups excluding tert-OH is 1. The Morgan fingerprint density at radius 1 is 1.15 bits per heavy atom. The number of nitrogens with two attached hydrogens (primary N) is 1. The second-order valence-corrected chi connectivity index (χ2v) is 7.97. The number of carbonyl (C=O) groups is 4. The first-order valence-electron chi connectivity index (χ1n) is 8.94. The quantitative estimate of drug-likeness (QED) is 0.292. The van der Waals surface area contributed by atoms with Crippen LogP contribution in [0.4, 0.5) is 0 Å². The van der Waals surface area contributed by atoms with Crippen molar-refractivity contribution in [3.8, 4) is 0 Å². The molecular weight excluding hydrogens is 358 g/mol. The predicted molar refractivity (Wildman–Crippen MR) is 92.3 cm³/mol. The van der Waals surface area contributed by atoms with Crippen LogP contribution in [-0.4, -0.2) is 62.8 Å². The van der Waals surface area contributed by atoms with E-state index in [0.717, 1.165) is 0 Å². The number of carboxylic acids is 2. The lowest BCUT2D eigenvalue weighted by molar-refractivity contribution is -0.151. The number of carboxylic acid groups (broad SMARTS) is 2. The average Bonchev–Trinajstić information content (AvgIpc) is 3.23. The fourth-order valence-corrected chi connectivity index (χ4v) is 4.12. The molecule has 2 saturated carbocycles. The summed E-state index contributed by atoms with van der Waals surface area (Å²) in [6, 6.07) is -1.86. The molecule has 7 atom stereocenters. The van der Waals surface area contributed by atoms with Crippen LogP contribution in [0.3, 0.4) is 0 Å². The Bertz CT molecular complexity index is 652. The van der Waals surface area contributed by atoms with Crippen molar-refractivity contribution >= 4 is 23.8 Å². The van der Waals surface area contributed by atoms with Gasteiger partial charge in [0.25, 0.3) is 0 Å². The van der Waals surface area contributed by atoms with Crippen LogP contribution in [0.1, 0.15) is 33.6 Å². The largest absolute Gasteiger partial charge is 0.481 e. The standard InChI is InChI=1S/C17H27N3O7/c1-6(2)4-8(18)14(23)19-7(3)13(22)20-17(16(26)27)5-9(21)10-11(12(10)17)15(24)25/h6-12,21H,4-5,18H2,1-3H3,(H,19,23)(H,20,22)(H,24,25)(H,26,27)/t7-,8-,9-,10-,11-,12-,17-/m0/s1. The van der Waals surface area contributed by atoms with Crippen molar-refractivity contribution in [3.05, 3.63) is 0 Å². The molecule has 2 amide bonds. The molecule has 0 saturated heterocycles. The van der Waals surface area contributed by atoms with E-state index < -0.39 is 65.2 Å². The highest BCUT2D eigenvalue weighted by Crippen LogP contribution is 2.62. The van der Waals surface area contributed by atoms with Gasteiger partial charge in [0.2, 0.25) is 11.8 Å². The number of aliphatic carboxylic acids is 2. The molecule has 0 bridgehead atoms. The maximum atomic E-state index is 12.5. The molecular formula is C17H27N3O7. The van der Waals surface area contributed by atoms with Gasteiger partial charge in [-0.3, -0.25) is 14.4 Å². The van der Waals surface area contributed by atoms with Crippen LogP contribution < -0.4 is 16.4 Å². The molecule has 0 heterocycles. The van der Waals surface area contributed by atoms with E-state index in [0.29, 0.717) is 6.42 Å². The van der Waals surface area contributed by atoms with Crippen LogP contribution in [0.15, 0.2) is 0 Å². The summed E-state index contributed by atoms with van der Waals surface area (Å²) in [5.41, 5.74) is 3.89. The number of fused-ring (bicyclic) bond motifs is 1. The molecule has 152 valence electrons. The van der Waals surface area contributed by atoms with E-state index in [1.807, 2.05) is 13.8 Å². The molecule has 2 fully saturated rings. The SMILES string of the molecule is CC(C)C[C@H](N)C(=O)N[C@@H](C)C(=O)N[C@@]1(C(=O)O)C[C@H](O)[C@H]2[C@H](C(=O)O)[C@H]21. The van der Waals surface area contributed by atoms with Crippen molar-refractivity contribution in [2.75, 3.05) is 0 Å². The van der Waals surface area contributed by atoms with Crippen LogP contribution in [0.25, 0.3) is 0 Å². The fraction of sp³-hybridized carbons (Fsp3) is 0.765. The van der Waals surface area contributed by atoms with Crippen molar-refractivity contribution in [1.82, 2.24) is 10.6 Å². The van der Waals surface area contributed by atoms with Crippen molar-refractivity contribution in [1.29, 1.82) is 0 Å². The number of amides is 2. The predicted octanol–water partition coefficient (Wildman–Crippen LogP) is -1.48. The van der Waals surface area contributed by atoms with Crippen LogP contribution >= 0.6 is 0 Å². The van der Waals surface area contributed by atoms with Crippen LogP contribution in [-0.2, 0) is 19.2 Å². The average molecular weight is 385 g/mol. The zero-order valence-electron chi connectivity index (χ0n) is 15.5. The van der Waals surface area contributed by atoms with E-state index in [-0.39, 0.29) is 12.3 Å². The summed E-state index contributed by atoms with van der Waals surface area (Å²) >= 11 is 0. The maximum Gasteiger partial charge on any atom is 0.329 e. The summed E-state index contributed by atoms with van der Waals surface area (Å²) in [7, 11) is 0. The van der Waals surface area contributed by atoms with E-state index in [4.69, 9.17) is 5.73 Å². The molecule has 0 spiro atoms. The normalized spacial score (nSPS) is 33.7. The summed E-state index contributed by atoms with van der Waals surface area (Å²) < 4.78 is 0. The topological polar surface area (TPSA) is 179 Å². The number of carbonyl (C=O) groups excluding carboxylic acids is 2. The Labute approximate surface area is 156 Å². The van der Waals surface area contributed by atoms with Crippen LogP contribution in [0, 0.1) is 23.7 Å². The van der Waals surface area contributed by atoms with Gasteiger partial charge < -0.3 is 31.7 Å². The first kappa shape index (κ1) is 21.1. The monoisotopic (exact) mass is 385 g/mol. The minimum atomic E-state index is -1.87. The summed E-state index contributed by atoms with van der Waals surface area (Å²) in [6.07, 6.45) is -0.979. The number of nitrogens with one attached hydrogen (secondary N) is 2. The van der Waals surface area contributed by atoms with Crippen molar-refractivity contribution in [2.24, 2.45) is 29.4 Å². The molecule has 0 unspecified atom stereocenters. The lowest BCUT2D eigenvalue weighted by Gasteiger charge is -2.30. The zero-order valence-corrected chi connectivity index (χ0v) is 15.5. The van der Waals surface area contributed by atoms with E-state index in [1.165, 1.54) is 6.92 Å². The maximum absolute atomic E-state index is 12.5. The molecule has 27 heavy (non-hydrogen) atoms. The molecule has 0 aromatic rings. The first-order valence-corrected chi connectivity index (χ1v) is 8.94. The Hall–Kier alpha value is -2.20. The molecule has 0 aliphatic heterocycles. The van der Waals surface area contributed by atoms with Gasteiger partial charge in [-0.05, 0) is 19.3 Å². The highest BCUT2D eigenvalue weighted by molar-refractivity contribution is 5.94. The second-order valence-electron chi connectivity index (χ2n) is 7.97. The Balaban J connectivity index is 2.07. The van der Waals surface area contributed by atoms with Gasteiger partial charge in [-0.25, -0.2) is 4.79 Å². The Morgan fingerprint density at radius 3 is 2.19 bits per heavy atom. The summed E-state index contributed by atoms with van der Waals surface area (Å²) in [5.74, 6) is -6.34. The van der Waals surface area contributed by atoms with E-state index in [1.54, 1.807) is 0 Å². The number of rotatable bonds is 8. The van der Waals surface area contributed by atoms with Gasteiger partial charge in [-0.15, -0.1) is 0 Å². The van der Waals surface area contributed by atoms with Gasteiger partial charge in [0.05, 0.1) is 18.1 Å². The molecule has 0 aromatic heterocycles. The first-order chi connectivity index (χ1) is 12.4. The molecule has 2 aliphatic carbocycles. The third-order valence-electron chi connectivity index (χ3n) is 5.45. The number of aliphatic hydroxyl groups is 1. The van der Waals surface area contributed by atoms with Gasteiger partial charge in [-0.2, -0.15) is 0 Å². The summed E-state index contributed by atoms with van der Waals surface area (Å²) in [4.78, 5) is 47.7. The zero-order chi connectivity index (χ0) is 20.7. The van der Waals surface area contributed by atoms with Gasteiger partial charge >= 0.3 is 11.9 Å². The highest BCUT2D eigenvalue weighted by Gasteiger charge is 2.75. The highest BCUT2D eigenvalue weighted by atomic mass is 16.4. The van der Waals surface area contributed by atoms with Gasteiger partial charge in [0, 0.05) is 18.3 Å². The lowest BCUT2D eigenvalue weighted by Crippen LogP contribution is -2.61. The number of hydrogen-bond acceptors (Lipinski definition) is 6. The minimum Gasteiger partial charge on any atom is -0.481 e. The third-order valence-corrected chi connectivity index (χ3v) is 5.45. The molecule has 0 aromatic carbocycles. The van der Waals surface area contributed by atoms with Crippen molar-refractivity contribution in [3.63, 3.8) is 0 Å². The fourth-order valence-electron chi connectivity index (χ4n) is 4.12. The number of hydrogen-bond donors (Lipinski definition) is 6. The molecule has 10 nitrogen and oxygen atoms in total. The van der Waals surface area contributed by atoms with Crippen LogP contribution in [0.5, 0.6) is 0 Å². The van der Waals surface area contributed by atoms with E-state index in [2.05, 4.69) is 10.6 Å². The molecule has 2 rings (SSSR count). The van der Waals surface area contributed by atoms with E-state index in [9.17, 15) is 34.5 Å². The summed E-state index contributed by atoms with van der Waals surface area (Å²) in [6.45, 7) is 5.18. The van der Waals surface area contributed by atoms with Crippen molar-refractivity contribution in [2.45, 2.75) is 57.3 Å². The second kappa shape index (κ2) is 7.43. The summed E-state index contributed by atoms with van der Waals surface area (Å²) in [5, 5.41) is 33.7. The van der Waals surface area contributed by atoms with Crippen LogP contribution in [0.2, 0.25) is 0 Å². The molecule has 10 heteroatoms. The van der Waals surface area contributed by atoms with Crippen molar-refractivity contribution < 1.29 is 34.5 Å². The molecule has 7 N–H and O–H groups in total. The smallest absolute Gasteiger partial charge is 0.329 e. The van der Waals surface area contributed by atoms with E-state index >= 15 is 0 Å². The van der Waals surface area contributed by atoms with Gasteiger partial charge in [0.1, 0.15) is 11.6 Å².